The van der Waals surface area contributed by atoms with E-state index in [1.807, 2.05) is 38.1 Å². The van der Waals surface area contributed by atoms with Crippen LogP contribution in [0.15, 0.2) is 24.3 Å². The lowest BCUT2D eigenvalue weighted by atomic mass is 10.3. The van der Waals surface area contributed by atoms with Gasteiger partial charge in [0.1, 0.15) is 5.75 Å². The van der Waals surface area contributed by atoms with Crippen LogP contribution in [0.2, 0.25) is 0 Å². The van der Waals surface area contributed by atoms with Gasteiger partial charge in [0.2, 0.25) is 5.91 Å². The summed E-state index contributed by atoms with van der Waals surface area (Å²) in [5.41, 5.74) is 0.774. The molecule has 4 heteroatoms. The molecule has 0 saturated heterocycles. The monoisotopic (exact) mass is 222 g/mol. The molecule has 1 amide bonds. The van der Waals surface area contributed by atoms with Crippen LogP contribution < -0.4 is 15.4 Å². The molecule has 1 aromatic carbocycles. The number of likely N-dealkylation sites (N-methyl/N-ethyl adjacent to an activating group) is 1. The van der Waals surface area contributed by atoms with E-state index in [4.69, 9.17) is 4.74 Å². The molecule has 2 N–H and O–H groups in total. The van der Waals surface area contributed by atoms with Crippen LogP contribution in [0, 0.1) is 0 Å². The number of carbonyl (C=O) groups is 1. The Labute approximate surface area is 96.0 Å². The molecule has 0 aromatic heterocycles. The van der Waals surface area contributed by atoms with Crippen molar-refractivity contribution in [2.24, 2.45) is 0 Å². The Morgan fingerprint density at radius 2 is 1.94 bits per heavy atom. The zero-order valence-electron chi connectivity index (χ0n) is 9.91. The number of anilines is 1. The maximum Gasteiger partial charge on any atom is 0.238 e. The second kappa shape index (κ2) is 6.12. The first-order valence-electron chi connectivity index (χ1n) is 5.33. The van der Waals surface area contributed by atoms with E-state index < -0.39 is 0 Å². The lowest BCUT2D eigenvalue weighted by Crippen LogP contribution is -2.24. The summed E-state index contributed by atoms with van der Waals surface area (Å²) < 4.78 is 5.50. The summed E-state index contributed by atoms with van der Waals surface area (Å²) in [7, 11) is 1.74. The molecule has 0 atom stereocenters. The third kappa shape index (κ3) is 4.31. The highest BCUT2D eigenvalue weighted by molar-refractivity contribution is 5.92. The molecule has 0 aliphatic heterocycles. The number of hydrogen-bond acceptors (Lipinski definition) is 3. The Hall–Kier alpha value is -1.55. The zero-order valence-corrected chi connectivity index (χ0v) is 9.91. The highest BCUT2D eigenvalue weighted by Gasteiger charge is 2.01. The predicted molar refractivity (Wildman–Crippen MR) is 64.8 cm³/mol. The van der Waals surface area contributed by atoms with Crippen LogP contribution in [0.1, 0.15) is 13.8 Å². The topological polar surface area (TPSA) is 50.4 Å². The van der Waals surface area contributed by atoms with E-state index in [-0.39, 0.29) is 12.0 Å². The van der Waals surface area contributed by atoms with Crippen molar-refractivity contribution in [3.63, 3.8) is 0 Å². The van der Waals surface area contributed by atoms with Gasteiger partial charge >= 0.3 is 0 Å². The standard InChI is InChI=1S/C12H18N2O2/c1-9(2)16-11-6-4-10(5-7-11)14-12(15)8-13-3/h4-7,9,13H,8H2,1-3H3,(H,14,15). The summed E-state index contributed by atoms with van der Waals surface area (Å²) in [5, 5.41) is 5.55. The van der Waals surface area contributed by atoms with Crippen molar-refractivity contribution < 1.29 is 9.53 Å². The summed E-state index contributed by atoms with van der Waals surface area (Å²) in [6, 6.07) is 7.33. The molecule has 0 aliphatic rings. The van der Waals surface area contributed by atoms with Crippen LogP contribution >= 0.6 is 0 Å². The Kier molecular flexibility index (Phi) is 4.79. The molecule has 0 bridgehead atoms. The van der Waals surface area contributed by atoms with Gasteiger partial charge in [-0.05, 0) is 45.2 Å². The minimum absolute atomic E-state index is 0.0555. The largest absolute Gasteiger partial charge is 0.491 e. The molecule has 0 saturated carbocycles. The van der Waals surface area contributed by atoms with E-state index in [2.05, 4.69) is 10.6 Å². The molecule has 1 aromatic rings. The van der Waals surface area contributed by atoms with Crippen molar-refractivity contribution in [2.45, 2.75) is 20.0 Å². The predicted octanol–water partition coefficient (Wildman–Crippen LogP) is 1.63. The van der Waals surface area contributed by atoms with E-state index in [0.29, 0.717) is 6.54 Å². The van der Waals surface area contributed by atoms with Crippen LogP contribution in [-0.2, 0) is 4.79 Å². The summed E-state index contributed by atoms with van der Waals surface area (Å²) in [6.07, 6.45) is 0.157. The number of rotatable bonds is 5. The average molecular weight is 222 g/mol. The first-order valence-corrected chi connectivity index (χ1v) is 5.33. The fraction of sp³-hybridized carbons (Fsp3) is 0.417. The minimum Gasteiger partial charge on any atom is -0.491 e. The van der Waals surface area contributed by atoms with Crippen molar-refractivity contribution in [3.8, 4) is 5.75 Å². The first-order chi connectivity index (χ1) is 7.61. The smallest absolute Gasteiger partial charge is 0.238 e. The van der Waals surface area contributed by atoms with Gasteiger partial charge < -0.3 is 15.4 Å². The van der Waals surface area contributed by atoms with Crippen molar-refractivity contribution in [2.75, 3.05) is 18.9 Å². The molecule has 0 unspecified atom stereocenters. The normalized spacial score (nSPS) is 10.2. The number of carbonyl (C=O) groups excluding carboxylic acids is 1. The Balaban J connectivity index is 2.54. The lowest BCUT2D eigenvalue weighted by Gasteiger charge is -2.10. The zero-order chi connectivity index (χ0) is 12.0. The fourth-order valence-electron chi connectivity index (χ4n) is 1.25. The van der Waals surface area contributed by atoms with Crippen molar-refractivity contribution in [3.05, 3.63) is 24.3 Å². The van der Waals surface area contributed by atoms with Crippen molar-refractivity contribution >= 4 is 11.6 Å². The van der Waals surface area contributed by atoms with Crippen LogP contribution in [0.5, 0.6) is 5.75 Å². The Morgan fingerprint density at radius 1 is 1.31 bits per heavy atom. The molecule has 0 aliphatic carbocycles. The molecule has 88 valence electrons. The van der Waals surface area contributed by atoms with E-state index in [1.165, 1.54) is 0 Å². The summed E-state index contributed by atoms with van der Waals surface area (Å²) in [6.45, 7) is 4.26. The Bertz CT molecular complexity index is 333. The van der Waals surface area contributed by atoms with E-state index in [9.17, 15) is 4.79 Å². The summed E-state index contributed by atoms with van der Waals surface area (Å²) >= 11 is 0. The van der Waals surface area contributed by atoms with Crippen molar-refractivity contribution in [1.82, 2.24) is 5.32 Å². The second-order valence-corrected chi connectivity index (χ2v) is 3.77. The van der Waals surface area contributed by atoms with Gasteiger partial charge in [0, 0.05) is 5.69 Å². The van der Waals surface area contributed by atoms with E-state index in [1.54, 1.807) is 7.05 Å². The van der Waals surface area contributed by atoms with Gasteiger partial charge in [-0.15, -0.1) is 0 Å². The van der Waals surface area contributed by atoms with Crippen LogP contribution in [0.3, 0.4) is 0 Å². The molecule has 1 rings (SSSR count). The third-order valence-electron chi connectivity index (χ3n) is 1.85. The molecule has 0 radical (unpaired) electrons. The minimum atomic E-state index is -0.0555. The van der Waals surface area contributed by atoms with Crippen molar-refractivity contribution in [1.29, 1.82) is 0 Å². The van der Waals surface area contributed by atoms with Crippen LogP contribution in [0.4, 0.5) is 5.69 Å². The number of nitrogens with one attached hydrogen (secondary N) is 2. The third-order valence-corrected chi connectivity index (χ3v) is 1.85. The molecule has 0 heterocycles. The maximum atomic E-state index is 11.3. The van der Waals surface area contributed by atoms with Crippen LogP contribution in [-0.4, -0.2) is 25.6 Å². The Morgan fingerprint density at radius 3 is 2.44 bits per heavy atom. The number of benzene rings is 1. The number of amides is 1. The van der Waals surface area contributed by atoms with Crippen LogP contribution in [0.25, 0.3) is 0 Å². The molecule has 4 nitrogen and oxygen atoms in total. The van der Waals surface area contributed by atoms with E-state index >= 15 is 0 Å². The van der Waals surface area contributed by atoms with Gasteiger partial charge in [-0.3, -0.25) is 4.79 Å². The molecule has 0 spiro atoms. The number of hydrogen-bond donors (Lipinski definition) is 2. The van der Waals surface area contributed by atoms with Gasteiger partial charge in [0.05, 0.1) is 12.6 Å². The van der Waals surface area contributed by atoms with E-state index in [0.717, 1.165) is 11.4 Å². The summed E-state index contributed by atoms with van der Waals surface area (Å²) in [5.74, 6) is 0.752. The summed E-state index contributed by atoms with van der Waals surface area (Å²) in [4.78, 5) is 11.3. The molecule has 0 fully saturated rings. The highest BCUT2D eigenvalue weighted by atomic mass is 16.5. The van der Waals surface area contributed by atoms with Gasteiger partial charge in [-0.2, -0.15) is 0 Å². The molecule has 16 heavy (non-hydrogen) atoms. The lowest BCUT2D eigenvalue weighted by molar-refractivity contribution is -0.115. The van der Waals surface area contributed by atoms with Gasteiger partial charge in [0.15, 0.2) is 0 Å². The second-order valence-electron chi connectivity index (χ2n) is 3.77. The molecular formula is C12H18N2O2. The maximum absolute atomic E-state index is 11.3. The average Bonchev–Trinajstić information content (AvgIpc) is 2.20. The SMILES string of the molecule is CNCC(=O)Nc1ccc(OC(C)C)cc1. The fourth-order valence-corrected chi connectivity index (χ4v) is 1.25. The first kappa shape index (κ1) is 12.5. The van der Waals surface area contributed by atoms with Gasteiger partial charge in [-0.25, -0.2) is 0 Å². The number of ether oxygens (including phenoxy) is 1. The van der Waals surface area contributed by atoms with Gasteiger partial charge in [0.25, 0.3) is 0 Å². The quantitative estimate of drug-likeness (QED) is 0.796. The molecular weight excluding hydrogens is 204 g/mol. The highest BCUT2D eigenvalue weighted by Crippen LogP contribution is 2.16. The van der Waals surface area contributed by atoms with Gasteiger partial charge in [-0.1, -0.05) is 0 Å².